The smallest absolute Gasteiger partial charge is 0.402 e. The van der Waals surface area contributed by atoms with Crippen molar-refractivity contribution in [2.24, 2.45) is 5.92 Å². The molecule has 2 aromatic heterocycles. The largest absolute Gasteiger partial charge is 0.497 e. The lowest BCUT2D eigenvalue weighted by atomic mass is 9.79. The molecule has 5 atom stereocenters. The van der Waals surface area contributed by atoms with E-state index in [0.29, 0.717) is 16.9 Å². The Hall–Kier alpha value is -5.14. The fourth-order valence-electron chi connectivity index (χ4n) is 6.47. The summed E-state index contributed by atoms with van der Waals surface area (Å²) in [5.41, 5.74) is 2.01. The molecule has 0 saturated carbocycles. The highest BCUT2D eigenvalue weighted by atomic mass is 19.4. The number of aliphatic hydroxyl groups excluding tert-OH is 1. The van der Waals surface area contributed by atoms with Gasteiger partial charge in [-0.15, -0.1) is 0 Å². The lowest BCUT2D eigenvalue weighted by Crippen LogP contribution is -2.41. The zero-order valence-electron chi connectivity index (χ0n) is 30.1. The molecular formula is C38H37F6N5O7. The number of rotatable bonds is 14. The minimum Gasteiger partial charge on any atom is -0.497 e. The number of hydrogen-bond acceptors (Lipinski definition) is 10. The second-order valence-corrected chi connectivity index (χ2v) is 13.0. The molecule has 3 heterocycles. The summed E-state index contributed by atoms with van der Waals surface area (Å²) in [6.45, 7) is 0.00426. The molecule has 6 rings (SSSR count). The normalized spacial score (nSPS) is 20.0. The van der Waals surface area contributed by atoms with Crippen molar-refractivity contribution in [3.63, 3.8) is 0 Å². The van der Waals surface area contributed by atoms with E-state index in [4.69, 9.17) is 23.7 Å². The lowest BCUT2D eigenvalue weighted by molar-refractivity contribution is -0.299. The minimum atomic E-state index is -5.63. The number of amides is 1. The molecule has 298 valence electrons. The highest BCUT2D eigenvalue weighted by Crippen LogP contribution is 2.43. The van der Waals surface area contributed by atoms with E-state index in [1.165, 1.54) is 24.9 Å². The van der Waals surface area contributed by atoms with Crippen LogP contribution in [-0.2, 0) is 29.3 Å². The minimum absolute atomic E-state index is 0.0519. The third-order valence-electron chi connectivity index (χ3n) is 9.26. The molecule has 1 aliphatic heterocycles. The fourth-order valence-corrected chi connectivity index (χ4v) is 6.47. The predicted octanol–water partition coefficient (Wildman–Crippen LogP) is 6.47. The van der Waals surface area contributed by atoms with E-state index in [1.807, 2.05) is 73.7 Å². The first-order chi connectivity index (χ1) is 26.6. The first-order valence-corrected chi connectivity index (χ1v) is 17.2. The van der Waals surface area contributed by atoms with E-state index in [-0.39, 0.29) is 23.6 Å². The molecule has 1 amide bonds. The number of nitrogens with zero attached hydrogens (tertiary/aromatic N) is 4. The third-order valence-corrected chi connectivity index (χ3v) is 9.26. The Kier molecular flexibility index (Phi) is 12.0. The predicted molar refractivity (Wildman–Crippen MR) is 187 cm³/mol. The second-order valence-electron chi connectivity index (χ2n) is 13.0. The molecule has 12 nitrogen and oxygen atoms in total. The van der Waals surface area contributed by atoms with Gasteiger partial charge in [-0.2, -0.15) is 26.3 Å². The van der Waals surface area contributed by atoms with Crippen LogP contribution in [0.2, 0.25) is 0 Å². The van der Waals surface area contributed by atoms with Gasteiger partial charge in [-0.05, 0) is 35.7 Å². The Balaban J connectivity index is 1.36. The van der Waals surface area contributed by atoms with Crippen molar-refractivity contribution < 1.29 is 59.9 Å². The van der Waals surface area contributed by atoms with Gasteiger partial charge < -0.3 is 34.1 Å². The molecular weight excluding hydrogens is 752 g/mol. The van der Waals surface area contributed by atoms with Crippen LogP contribution >= 0.6 is 0 Å². The van der Waals surface area contributed by atoms with E-state index >= 15 is 0 Å². The number of imidazole rings is 1. The first-order valence-electron chi connectivity index (χ1n) is 17.2. The number of fused-ring (bicyclic) bond motifs is 1. The van der Waals surface area contributed by atoms with Crippen molar-refractivity contribution in [1.29, 1.82) is 0 Å². The topological polar surface area (TPSA) is 139 Å². The average Bonchev–Trinajstić information content (AvgIpc) is 3.72. The van der Waals surface area contributed by atoms with E-state index in [0.717, 1.165) is 17.5 Å². The molecule has 56 heavy (non-hydrogen) atoms. The summed E-state index contributed by atoms with van der Waals surface area (Å²) >= 11 is 0. The summed E-state index contributed by atoms with van der Waals surface area (Å²) in [5, 5.41) is 14.3. The van der Waals surface area contributed by atoms with Gasteiger partial charge in [-0.3, -0.25) is 9.36 Å². The van der Waals surface area contributed by atoms with Crippen molar-refractivity contribution in [2.45, 2.75) is 56.3 Å². The van der Waals surface area contributed by atoms with E-state index in [9.17, 15) is 36.2 Å². The molecule has 1 fully saturated rings. The number of anilines is 1. The van der Waals surface area contributed by atoms with Crippen LogP contribution in [0.3, 0.4) is 0 Å². The second kappa shape index (κ2) is 16.5. The van der Waals surface area contributed by atoms with Crippen LogP contribution in [0.15, 0.2) is 91.5 Å². The van der Waals surface area contributed by atoms with Crippen LogP contribution in [0.1, 0.15) is 35.4 Å². The Morgan fingerprint density at radius 1 is 0.911 bits per heavy atom. The highest BCUT2D eigenvalue weighted by molar-refractivity contribution is 5.95. The first kappa shape index (κ1) is 40.5. The fraction of sp³-hybridized carbons (Fsp3) is 0.368. The number of ether oxygens (including phenoxy) is 5. The number of halogens is 6. The SMILES string of the molecule is COc1ccc(C(OC[C@H]2O[C@@H](n3cnc4c(NC(C)=O)ncnc43)C(OCOCC(C(F)(F)F)C(F)(F)F)[C@H]2O)(c2ccccc2)c2ccc(C)cc2)cc1. The number of methoxy groups -OCH3 is 1. The summed E-state index contributed by atoms with van der Waals surface area (Å²) in [4.78, 5) is 24.4. The number of carbonyl (C=O) groups excluding carboxylic acids is 1. The van der Waals surface area contributed by atoms with Crippen molar-refractivity contribution in [3.05, 3.63) is 114 Å². The van der Waals surface area contributed by atoms with Gasteiger partial charge in [-0.1, -0.05) is 72.3 Å². The van der Waals surface area contributed by atoms with Crippen LogP contribution < -0.4 is 10.1 Å². The number of aryl methyl sites for hydroxylation is 1. The van der Waals surface area contributed by atoms with Crippen LogP contribution in [-0.4, -0.2) is 88.3 Å². The van der Waals surface area contributed by atoms with E-state index < -0.39 is 67.7 Å². The number of carbonyl (C=O) groups is 1. The van der Waals surface area contributed by atoms with Gasteiger partial charge in [0.05, 0.1) is 26.7 Å². The maximum atomic E-state index is 13.2. The number of alkyl halides is 6. The maximum Gasteiger partial charge on any atom is 0.402 e. The van der Waals surface area contributed by atoms with Gasteiger partial charge in [-0.25, -0.2) is 15.0 Å². The Labute approximate surface area is 316 Å². The van der Waals surface area contributed by atoms with Crippen LogP contribution in [0.5, 0.6) is 5.75 Å². The van der Waals surface area contributed by atoms with Gasteiger partial charge >= 0.3 is 12.4 Å². The Bertz CT molecular complexity index is 2070. The zero-order chi connectivity index (χ0) is 40.3. The number of benzene rings is 3. The summed E-state index contributed by atoms with van der Waals surface area (Å²) in [7, 11) is 1.54. The van der Waals surface area contributed by atoms with Gasteiger partial charge in [0, 0.05) is 6.92 Å². The number of aromatic nitrogens is 4. The summed E-state index contributed by atoms with van der Waals surface area (Å²) < 4.78 is 110. The number of aliphatic hydroxyl groups is 1. The Morgan fingerprint density at radius 3 is 2.14 bits per heavy atom. The molecule has 5 aromatic rings. The van der Waals surface area contributed by atoms with Crippen LogP contribution in [0.25, 0.3) is 11.2 Å². The summed E-state index contributed by atoms with van der Waals surface area (Å²) in [6, 6.07) is 24.2. The van der Waals surface area contributed by atoms with Crippen LogP contribution in [0.4, 0.5) is 32.2 Å². The van der Waals surface area contributed by atoms with Gasteiger partial charge in [0.15, 0.2) is 29.1 Å². The monoisotopic (exact) mass is 789 g/mol. The maximum absolute atomic E-state index is 13.2. The molecule has 2 unspecified atom stereocenters. The van der Waals surface area contributed by atoms with Crippen molar-refractivity contribution in [3.8, 4) is 5.75 Å². The van der Waals surface area contributed by atoms with Gasteiger partial charge in [0.2, 0.25) is 5.91 Å². The van der Waals surface area contributed by atoms with Gasteiger partial charge in [0.1, 0.15) is 42.8 Å². The molecule has 1 aliphatic rings. The van der Waals surface area contributed by atoms with Gasteiger partial charge in [0.25, 0.3) is 0 Å². The zero-order valence-corrected chi connectivity index (χ0v) is 30.1. The van der Waals surface area contributed by atoms with Crippen molar-refractivity contribution in [2.75, 3.05) is 32.4 Å². The number of nitrogens with one attached hydrogen (secondary N) is 1. The summed E-state index contributed by atoms with van der Waals surface area (Å²) in [6.07, 6.45) is -14.5. The van der Waals surface area contributed by atoms with Crippen LogP contribution in [0, 0.1) is 12.8 Å². The van der Waals surface area contributed by atoms with E-state index in [2.05, 4.69) is 20.3 Å². The lowest BCUT2D eigenvalue weighted by Gasteiger charge is -2.37. The molecule has 0 bridgehead atoms. The average molecular weight is 790 g/mol. The molecule has 0 radical (unpaired) electrons. The van der Waals surface area contributed by atoms with E-state index in [1.54, 1.807) is 12.1 Å². The molecule has 18 heteroatoms. The van der Waals surface area contributed by atoms with Crippen molar-refractivity contribution in [1.82, 2.24) is 19.5 Å². The quantitative estimate of drug-likeness (QED) is 0.0558. The molecule has 3 aromatic carbocycles. The third kappa shape index (κ3) is 8.48. The highest BCUT2D eigenvalue weighted by Gasteiger charge is 2.57. The van der Waals surface area contributed by atoms with Crippen molar-refractivity contribution >= 4 is 22.9 Å². The molecule has 0 aliphatic carbocycles. The Morgan fingerprint density at radius 2 is 1.54 bits per heavy atom. The standard InChI is InChI=1S/C38H37F6N5O7/c1-22-9-11-25(12-10-22)36(24-7-5-4-6-8-24,26-13-15-27(52-3)16-14-26)55-17-28-31(51)32(54-21-53-18-29(37(39,40)41)38(42,43)44)35(56-28)49-20-47-30-33(48-23(2)50)45-19-46-34(30)49/h4-16,19-20,28-29,31-32,35,51H,17-18,21H2,1-3H3,(H,45,46,48,50)/t28-,31+,32?,35-,36?/m1/s1. The molecule has 0 spiro atoms. The molecule has 2 N–H and O–H groups in total. The number of hydrogen-bond donors (Lipinski definition) is 2. The summed E-state index contributed by atoms with van der Waals surface area (Å²) in [5.74, 6) is -3.58. The molecule has 1 saturated heterocycles.